The summed E-state index contributed by atoms with van der Waals surface area (Å²) in [5, 5.41) is 9.82. The lowest BCUT2D eigenvalue weighted by atomic mass is 10.1. The Bertz CT molecular complexity index is 812. The zero-order chi connectivity index (χ0) is 15.1. The van der Waals surface area contributed by atoms with Gasteiger partial charge in [0, 0.05) is 30.5 Å². The molecule has 1 aliphatic rings. The van der Waals surface area contributed by atoms with Crippen molar-refractivity contribution in [2.24, 2.45) is 0 Å². The Kier molecular flexibility index (Phi) is 3.22. The van der Waals surface area contributed by atoms with Crippen LogP contribution in [0.1, 0.15) is 17.8 Å². The predicted octanol–water partition coefficient (Wildman–Crippen LogP) is 2.27. The third-order valence-electron chi connectivity index (χ3n) is 4.49. The highest BCUT2D eigenvalue weighted by Gasteiger charge is 2.23. The van der Waals surface area contributed by atoms with E-state index in [0.29, 0.717) is 0 Å². The molecule has 0 radical (unpaired) electrons. The fourth-order valence-corrected chi connectivity index (χ4v) is 3.44. The Morgan fingerprint density at radius 1 is 1.18 bits per heavy atom. The molecular formula is C17H21N5. The van der Waals surface area contributed by atoms with Crippen LogP contribution >= 0.6 is 0 Å². The van der Waals surface area contributed by atoms with E-state index in [1.54, 1.807) is 0 Å². The molecule has 3 aromatic rings. The van der Waals surface area contributed by atoms with Crippen molar-refractivity contribution in [3.8, 4) is 5.82 Å². The molecule has 1 aromatic carbocycles. The van der Waals surface area contributed by atoms with Gasteiger partial charge in [0.1, 0.15) is 18.0 Å². The molecule has 114 valence electrons. The summed E-state index contributed by atoms with van der Waals surface area (Å²) in [6.07, 6.45) is 5.10. The molecule has 0 fully saturated rings. The van der Waals surface area contributed by atoms with E-state index >= 15 is 0 Å². The van der Waals surface area contributed by atoms with Gasteiger partial charge in [0.05, 0.1) is 5.52 Å². The van der Waals surface area contributed by atoms with Crippen LogP contribution in [0.25, 0.3) is 16.7 Å². The minimum atomic E-state index is 0.973. The van der Waals surface area contributed by atoms with Crippen LogP contribution in [-0.2, 0) is 19.4 Å². The van der Waals surface area contributed by atoms with Crippen LogP contribution in [0.15, 0.2) is 30.6 Å². The van der Waals surface area contributed by atoms with Gasteiger partial charge >= 0.3 is 0 Å². The van der Waals surface area contributed by atoms with Gasteiger partial charge in [0.15, 0.2) is 0 Å². The summed E-state index contributed by atoms with van der Waals surface area (Å²) in [5.41, 5.74) is 2.75. The number of para-hydroxylation sites is 1. The highest BCUT2D eigenvalue weighted by atomic mass is 15.3. The van der Waals surface area contributed by atoms with Crippen LogP contribution < -0.4 is 0 Å². The molecule has 0 N–H and O–H groups in total. The number of hydrogen-bond acceptors (Lipinski definition) is 3. The summed E-state index contributed by atoms with van der Waals surface area (Å²) in [6, 6.07) is 8.73. The number of rotatable bonds is 3. The van der Waals surface area contributed by atoms with E-state index in [9.17, 15) is 0 Å². The summed E-state index contributed by atoms with van der Waals surface area (Å²) >= 11 is 0. The van der Waals surface area contributed by atoms with E-state index < -0.39 is 0 Å². The van der Waals surface area contributed by atoms with Crippen molar-refractivity contribution < 1.29 is 0 Å². The highest BCUT2D eigenvalue weighted by Crippen LogP contribution is 2.33. The van der Waals surface area contributed by atoms with Crippen molar-refractivity contribution in [1.82, 2.24) is 24.2 Å². The monoisotopic (exact) mass is 295 g/mol. The number of likely N-dealkylation sites (N-methyl/N-ethyl adjacent to an activating group) is 1. The number of benzene rings is 1. The molecule has 1 aliphatic heterocycles. The first-order valence-electron chi connectivity index (χ1n) is 7.90. The fourth-order valence-electron chi connectivity index (χ4n) is 3.44. The normalized spacial score (nSPS) is 14.1. The Labute approximate surface area is 130 Å². The smallest absolute Gasteiger partial charge is 0.138 e. The lowest BCUT2D eigenvalue weighted by Crippen LogP contribution is -2.20. The summed E-state index contributed by atoms with van der Waals surface area (Å²) in [7, 11) is 4.24. The van der Waals surface area contributed by atoms with Crippen LogP contribution in [0.4, 0.5) is 0 Å². The minimum Gasteiger partial charge on any atom is -0.325 e. The highest BCUT2D eigenvalue weighted by molar-refractivity contribution is 5.88. The van der Waals surface area contributed by atoms with Crippen LogP contribution in [0.5, 0.6) is 0 Å². The Hall–Kier alpha value is -2.14. The van der Waals surface area contributed by atoms with Gasteiger partial charge < -0.3 is 9.47 Å². The fraction of sp³-hybridized carbons (Fsp3) is 0.412. The standard InChI is InChI=1S/C17H21N5/c1-20(2)10-11-21-15-8-4-3-6-13(15)14-7-5-9-16-19-18-12-22(16)17(14)21/h3-4,6,8,12H,5,7,9-11H2,1-2H3. The van der Waals surface area contributed by atoms with Crippen molar-refractivity contribution in [2.45, 2.75) is 25.8 Å². The summed E-state index contributed by atoms with van der Waals surface area (Å²) in [4.78, 5) is 2.23. The zero-order valence-corrected chi connectivity index (χ0v) is 13.2. The van der Waals surface area contributed by atoms with Crippen molar-refractivity contribution in [2.75, 3.05) is 20.6 Å². The first kappa shape index (κ1) is 13.5. The molecule has 0 saturated carbocycles. The van der Waals surface area contributed by atoms with Crippen LogP contribution in [0, 0.1) is 0 Å². The van der Waals surface area contributed by atoms with Gasteiger partial charge in [-0.3, -0.25) is 4.57 Å². The molecule has 2 aromatic heterocycles. The van der Waals surface area contributed by atoms with Gasteiger partial charge in [-0.1, -0.05) is 18.2 Å². The first-order chi connectivity index (χ1) is 10.8. The summed E-state index contributed by atoms with van der Waals surface area (Å²) < 4.78 is 4.63. The van der Waals surface area contributed by atoms with E-state index in [1.165, 1.54) is 22.3 Å². The second-order valence-electron chi connectivity index (χ2n) is 6.24. The maximum Gasteiger partial charge on any atom is 0.138 e. The molecule has 0 aliphatic carbocycles. The van der Waals surface area contributed by atoms with Crippen LogP contribution in [0.2, 0.25) is 0 Å². The maximum atomic E-state index is 4.31. The van der Waals surface area contributed by atoms with E-state index in [1.807, 2.05) is 6.33 Å². The molecule has 0 spiro atoms. The molecule has 3 heterocycles. The molecule has 0 unspecified atom stereocenters. The number of fused-ring (bicyclic) bond motifs is 5. The number of nitrogens with zero attached hydrogens (tertiary/aromatic N) is 5. The van der Waals surface area contributed by atoms with E-state index in [0.717, 1.165) is 38.2 Å². The summed E-state index contributed by atoms with van der Waals surface area (Å²) in [6.45, 7) is 1.99. The molecule has 0 bridgehead atoms. The second kappa shape index (κ2) is 5.25. The van der Waals surface area contributed by atoms with Crippen molar-refractivity contribution in [1.29, 1.82) is 0 Å². The molecule has 5 heteroatoms. The average molecular weight is 295 g/mol. The minimum absolute atomic E-state index is 0.973. The average Bonchev–Trinajstić information content (AvgIpc) is 3.04. The van der Waals surface area contributed by atoms with Crippen molar-refractivity contribution >= 4 is 10.9 Å². The molecule has 0 atom stereocenters. The van der Waals surface area contributed by atoms with Gasteiger partial charge in [-0.25, -0.2) is 0 Å². The molecule has 22 heavy (non-hydrogen) atoms. The second-order valence-corrected chi connectivity index (χ2v) is 6.24. The Morgan fingerprint density at radius 3 is 2.91 bits per heavy atom. The van der Waals surface area contributed by atoms with E-state index in [4.69, 9.17) is 0 Å². The predicted molar refractivity (Wildman–Crippen MR) is 87.4 cm³/mol. The van der Waals surface area contributed by atoms with E-state index in [-0.39, 0.29) is 0 Å². The van der Waals surface area contributed by atoms with Gasteiger partial charge in [-0.05, 0) is 33.0 Å². The van der Waals surface area contributed by atoms with Gasteiger partial charge in [0.2, 0.25) is 0 Å². The third kappa shape index (κ3) is 2.04. The summed E-state index contributed by atoms with van der Waals surface area (Å²) in [5.74, 6) is 2.34. The van der Waals surface area contributed by atoms with Crippen LogP contribution in [0.3, 0.4) is 0 Å². The van der Waals surface area contributed by atoms with Gasteiger partial charge in [-0.2, -0.15) is 0 Å². The lowest BCUT2D eigenvalue weighted by Gasteiger charge is -2.15. The Balaban J connectivity index is 1.98. The zero-order valence-electron chi connectivity index (χ0n) is 13.2. The topological polar surface area (TPSA) is 38.9 Å². The Morgan fingerprint density at radius 2 is 2.05 bits per heavy atom. The molecular weight excluding hydrogens is 274 g/mol. The van der Waals surface area contributed by atoms with Crippen LogP contribution in [-0.4, -0.2) is 44.9 Å². The van der Waals surface area contributed by atoms with Crippen molar-refractivity contribution in [3.63, 3.8) is 0 Å². The molecule has 4 rings (SSSR count). The lowest BCUT2D eigenvalue weighted by molar-refractivity contribution is 0.386. The van der Waals surface area contributed by atoms with Crippen molar-refractivity contribution in [3.05, 3.63) is 42.0 Å². The number of hydrogen-bond donors (Lipinski definition) is 0. The first-order valence-corrected chi connectivity index (χ1v) is 7.90. The SMILES string of the molecule is CN(C)CCn1c2c(c3ccccc31)CCCc1nncn1-2. The quantitative estimate of drug-likeness (QED) is 0.744. The molecule has 0 amide bonds. The number of aromatic nitrogens is 4. The van der Waals surface area contributed by atoms with Gasteiger partial charge in [0.25, 0.3) is 0 Å². The maximum absolute atomic E-state index is 4.31. The number of aryl methyl sites for hydroxylation is 2. The molecule has 5 nitrogen and oxygen atoms in total. The third-order valence-corrected chi connectivity index (χ3v) is 4.49. The molecule has 0 saturated heterocycles. The van der Waals surface area contributed by atoms with Gasteiger partial charge in [-0.15, -0.1) is 10.2 Å². The van der Waals surface area contributed by atoms with E-state index in [2.05, 4.69) is 62.6 Å². The largest absolute Gasteiger partial charge is 0.325 e.